The van der Waals surface area contributed by atoms with E-state index in [-0.39, 0.29) is 30.6 Å². The van der Waals surface area contributed by atoms with Crippen LogP contribution in [-0.2, 0) is 14.4 Å². The Balaban J connectivity index is 3.00. The van der Waals surface area contributed by atoms with Crippen LogP contribution in [0.3, 0.4) is 0 Å². The second-order valence-corrected chi connectivity index (χ2v) is 4.53. The Labute approximate surface area is 101 Å². The molecule has 0 aliphatic carbocycles. The fourth-order valence-electron chi connectivity index (χ4n) is 2.07. The number of hydrogen-bond acceptors (Lipinski definition) is 3. The third-order valence-corrected chi connectivity index (χ3v) is 3.28. The van der Waals surface area contributed by atoms with Gasteiger partial charge in [0.25, 0.3) is 0 Å². The monoisotopic (exact) mass is 241 g/mol. The molecule has 0 aromatic rings. The zero-order valence-electron chi connectivity index (χ0n) is 10.3. The highest BCUT2D eigenvalue weighted by molar-refractivity contribution is 5.99. The van der Waals surface area contributed by atoms with Crippen molar-refractivity contribution in [3.8, 4) is 0 Å². The minimum atomic E-state index is -1.09. The van der Waals surface area contributed by atoms with Gasteiger partial charge >= 0.3 is 5.97 Å². The molecule has 0 saturated carbocycles. The minimum Gasteiger partial charge on any atom is -0.480 e. The van der Waals surface area contributed by atoms with Crippen molar-refractivity contribution in [2.24, 2.45) is 5.92 Å². The summed E-state index contributed by atoms with van der Waals surface area (Å²) in [7, 11) is 0. The first kappa shape index (κ1) is 13.7. The van der Waals surface area contributed by atoms with Crippen molar-refractivity contribution in [3.05, 3.63) is 0 Å². The first-order chi connectivity index (χ1) is 7.99. The third-order valence-electron chi connectivity index (χ3n) is 3.28. The van der Waals surface area contributed by atoms with Crippen molar-refractivity contribution in [2.45, 2.75) is 52.0 Å². The summed E-state index contributed by atoms with van der Waals surface area (Å²) in [5.41, 5.74) is 0. The van der Waals surface area contributed by atoms with Crippen LogP contribution in [-0.4, -0.2) is 33.8 Å². The molecule has 0 spiro atoms. The van der Waals surface area contributed by atoms with Crippen LogP contribution in [0.5, 0.6) is 0 Å². The Kier molecular flexibility index (Phi) is 4.66. The van der Waals surface area contributed by atoms with Gasteiger partial charge in [-0.25, -0.2) is 4.79 Å². The summed E-state index contributed by atoms with van der Waals surface area (Å²) in [4.78, 5) is 35.9. The van der Waals surface area contributed by atoms with Gasteiger partial charge in [0, 0.05) is 12.8 Å². The van der Waals surface area contributed by atoms with E-state index in [1.54, 1.807) is 6.92 Å². The number of likely N-dealkylation sites (tertiary alicyclic amines) is 1. The predicted octanol–water partition coefficient (Wildman–Crippen LogP) is 1.41. The lowest BCUT2D eigenvalue weighted by molar-refractivity contribution is -0.159. The number of carboxylic acid groups (broad SMARTS) is 1. The molecule has 1 aliphatic heterocycles. The number of carbonyl (C=O) groups excluding carboxylic acids is 2. The lowest BCUT2D eigenvalue weighted by Crippen LogP contribution is -2.51. The average Bonchev–Trinajstić information content (AvgIpc) is 2.43. The fraction of sp³-hybridized carbons (Fsp3) is 0.750. The van der Waals surface area contributed by atoms with E-state index in [9.17, 15) is 19.5 Å². The van der Waals surface area contributed by atoms with Crippen LogP contribution in [0.1, 0.15) is 46.0 Å². The van der Waals surface area contributed by atoms with Crippen molar-refractivity contribution in [2.75, 3.05) is 0 Å². The molecular formula is C12H19NO4. The van der Waals surface area contributed by atoms with Crippen molar-refractivity contribution in [1.29, 1.82) is 0 Å². The van der Waals surface area contributed by atoms with E-state index in [1.165, 1.54) is 0 Å². The number of aliphatic carboxylic acids is 1. The number of carboxylic acids is 1. The van der Waals surface area contributed by atoms with Gasteiger partial charge in [-0.15, -0.1) is 0 Å². The van der Waals surface area contributed by atoms with Crippen LogP contribution in [0.25, 0.3) is 0 Å². The highest BCUT2D eigenvalue weighted by Gasteiger charge is 2.38. The van der Waals surface area contributed by atoms with Gasteiger partial charge < -0.3 is 5.11 Å². The maximum atomic E-state index is 11.8. The van der Waals surface area contributed by atoms with Crippen LogP contribution in [0.2, 0.25) is 0 Å². The van der Waals surface area contributed by atoms with Crippen LogP contribution < -0.4 is 0 Å². The summed E-state index contributed by atoms with van der Waals surface area (Å²) in [5.74, 6) is -2.01. The fourth-order valence-corrected chi connectivity index (χ4v) is 2.07. The molecule has 2 atom stereocenters. The van der Waals surface area contributed by atoms with Gasteiger partial charge in [-0.2, -0.15) is 0 Å². The Morgan fingerprint density at radius 2 is 1.76 bits per heavy atom. The molecule has 0 aromatic heterocycles. The number of carbonyl (C=O) groups is 3. The number of hydrogen-bond donors (Lipinski definition) is 1. The van der Waals surface area contributed by atoms with Crippen LogP contribution in [0, 0.1) is 5.92 Å². The SMILES string of the molecule is CCC(C)C(C(=O)O)N1C(=O)CCCCC1=O. The maximum absolute atomic E-state index is 11.8. The lowest BCUT2D eigenvalue weighted by Gasteiger charge is -2.29. The predicted molar refractivity (Wildman–Crippen MR) is 61.2 cm³/mol. The zero-order chi connectivity index (χ0) is 13.0. The molecule has 1 fully saturated rings. The number of imide groups is 1. The Bertz CT molecular complexity index is 308. The smallest absolute Gasteiger partial charge is 0.327 e. The van der Waals surface area contributed by atoms with Crippen molar-refractivity contribution in [3.63, 3.8) is 0 Å². The molecule has 1 rings (SSSR count). The Morgan fingerprint density at radius 3 is 2.12 bits per heavy atom. The Morgan fingerprint density at radius 1 is 1.29 bits per heavy atom. The van der Waals surface area contributed by atoms with Gasteiger partial charge in [-0.05, 0) is 18.8 Å². The molecule has 5 heteroatoms. The van der Waals surface area contributed by atoms with E-state index in [0.717, 1.165) is 4.90 Å². The van der Waals surface area contributed by atoms with E-state index >= 15 is 0 Å². The molecule has 17 heavy (non-hydrogen) atoms. The topological polar surface area (TPSA) is 74.7 Å². The highest BCUT2D eigenvalue weighted by Crippen LogP contribution is 2.21. The quantitative estimate of drug-likeness (QED) is 0.755. The van der Waals surface area contributed by atoms with E-state index in [4.69, 9.17) is 0 Å². The minimum absolute atomic E-state index is 0.224. The maximum Gasteiger partial charge on any atom is 0.327 e. The summed E-state index contributed by atoms with van der Waals surface area (Å²) in [6.45, 7) is 3.61. The first-order valence-electron chi connectivity index (χ1n) is 6.06. The molecule has 1 saturated heterocycles. The summed E-state index contributed by atoms with van der Waals surface area (Å²) >= 11 is 0. The average molecular weight is 241 g/mol. The van der Waals surface area contributed by atoms with E-state index in [1.807, 2.05) is 6.92 Å². The number of amides is 2. The summed E-state index contributed by atoms with van der Waals surface area (Å²) in [6, 6.07) is -1.02. The van der Waals surface area contributed by atoms with Gasteiger partial charge in [0.15, 0.2) is 0 Å². The molecule has 2 unspecified atom stereocenters. The van der Waals surface area contributed by atoms with Crippen molar-refractivity contribution < 1.29 is 19.5 Å². The van der Waals surface area contributed by atoms with Crippen molar-refractivity contribution in [1.82, 2.24) is 4.90 Å². The normalized spacial score (nSPS) is 20.9. The van der Waals surface area contributed by atoms with Gasteiger partial charge in [-0.1, -0.05) is 20.3 Å². The molecule has 96 valence electrons. The molecular weight excluding hydrogens is 222 g/mol. The standard InChI is InChI=1S/C12H19NO4/c1-3-8(2)11(12(16)17)13-9(14)6-4-5-7-10(13)15/h8,11H,3-7H2,1-2H3,(H,16,17). The van der Waals surface area contributed by atoms with Gasteiger partial charge in [0.1, 0.15) is 6.04 Å². The van der Waals surface area contributed by atoms with Gasteiger partial charge in [-0.3, -0.25) is 14.5 Å². The van der Waals surface area contributed by atoms with Crippen LogP contribution >= 0.6 is 0 Å². The van der Waals surface area contributed by atoms with E-state index in [2.05, 4.69) is 0 Å². The Hall–Kier alpha value is -1.39. The molecule has 1 heterocycles. The molecule has 5 nitrogen and oxygen atoms in total. The van der Waals surface area contributed by atoms with Gasteiger partial charge in [0.05, 0.1) is 0 Å². The second-order valence-electron chi connectivity index (χ2n) is 4.53. The van der Waals surface area contributed by atoms with E-state index < -0.39 is 12.0 Å². The van der Waals surface area contributed by atoms with Crippen LogP contribution in [0.15, 0.2) is 0 Å². The van der Waals surface area contributed by atoms with Gasteiger partial charge in [0.2, 0.25) is 11.8 Å². The number of rotatable bonds is 4. The molecule has 0 radical (unpaired) electrons. The molecule has 2 amide bonds. The second kappa shape index (κ2) is 5.80. The molecule has 1 aliphatic rings. The van der Waals surface area contributed by atoms with Crippen LogP contribution in [0.4, 0.5) is 0 Å². The highest BCUT2D eigenvalue weighted by atomic mass is 16.4. The zero-order valence-corrected chi connectivity index (χ0v) is 10.3. The largest absolute Gasteiger partial charge is 0.480 e. The summed E-state index contributed by atoms with van der Waals surface area (Å²) in [6.07, 6.45) is 2.48. The lowest BCUT2D eigenvalue weighted by atomic mass is 9.97. The number of nitrogens with zero attached hydrogens (tertiary/aromatic N) is 1. The summed E-state index contributed by atoms with van der Waals surface area (Å²) in [5, 5.41) is 9.21. The summed E-state index contributed by atoms with van der Waals surface area (Å²) < 4.78 is 0. The molecule has 0 bridgehead atoms. The first-order valence-corrected chi connectivity index (χ1v) is 6.06. The molecule has 0 aromatic carbocycles. The third kappa shape index (κ3) is 3.05. The molecule has 1 N–H and O–H groups in total. The van der Waals surface area contributed by atoms with E-state index in [0.29, 0.717) is 19.3 Å². The van der Waals surface area contributed by atoms with Crippen molar-refractivity contribution >= 4 is 17.8 Å².